The second-order valence-electron chi connectivity index (χ2n) is 1.80. The smallest absolute Gasteiger partial charge is 0.169 e. The minimum Gasteiger partial charge on any atom is -0.381 e. The zero-order chi connectivity index (χ0) is 7.56. The molecule has 1 rings (SSSR count). The van der Waals surface area contributed by atoms with Gasteiger partial charge < -0.3 is 5.73 Å². The summed E-state index contributed by atoms with van der Waals surface area (Å²) < 4.78 is 12.8. The van der Waals surface area contributed by atoms with Gasteiger partial charge in [0.15, 0.2) is 11.6 Å². The molecule has 0 saturated heterocycles. The Kier molecular flexibility index (Phi) is 2.21. The number of hydrogen-bond acceptors (Lipinski definition) is 2. The summed E-state index contributed by atoms with van der Waals surface area (Å²) in [6.07, 6.45) is 1.48. The molecule has 0 amide bonds. The maximum Gasteiger partial charge on any atom is 0.169 e. The number of hydrogen-bond donors (Lipinski definition) is 1. The summed E-state index contributed by atoms with van der Waals surface area (Å²) in [4.78, 5) is 3.57. The number of alkyl halides is 1. The van der Waals surface area contributed by atoms with Gasteiger partial charge in [-0.05, 0) is 6.07 Å². The molecule has 0 unspecified atom stereocenters. The van der Waals surface area contributed by atoms with Crippen LogP contribution in [0.1, 0.15) is 5.56 Å². The second kappa shape index (κ2) is 2.96. The van der Waals surface area contributed by atoms with Crippen molar-refractivity contribution >= 4 is 21.7 Å². The van der Waals surface area contributed by atoms with Crippen LogP contribution in [0.3, 0.4) is 0 Å². The first-order chi connectivity index (χ1) is 4.75. The minimum absolute atomic E-state index is 0.0445. The first-order valence-electron chi connectivity index (χ1n) is 2.70. The van der Waals surface area contributed by atoms with E-state index in [9.17, 15) is 4.39 Å². The van der Waals surface area contributed by atoms with Crippen LogP contribution >= 0.6 is 15.9 Å². The summed E-state index contributed by atoms with van der Waals surface area (Å²) in [5.41, 5.74) is 5.72. The predicted molar refractivity (Wildman–Crippen MR) is 41.2 cm³/mol. The second-order valence-corrected chi connectivity index (χ2v) is 2.36. The zero-order valence-corrected chi connectivity index (χ0v) is 6.73. The van der Waals surface area contributed by atoms with Crippen LogP contribution in [-0.4, -0.2) is 4.98 Å². The van der Waals surface area contributed by atoms with Crippen molar-refractivity contribution in [3.8, 4) is 0 Å². The summed E-state index contributed by atoms with van der Waals surface area (Å²) in [6.45, 7) is 0. The number of rotatable bonds is 1. The first kappa shape index (κ1) is 7.47. The van der Waals surface area contributed by atoms with Crippen molar-refractivity contribution < 1.29 is 4.39 Å². The largest absolute Gasteiger partial charge is 0.381 e. The van der Waals surface area contributed by atoms with Gasteiger partial charge in [0.1, 0.15) is 0 Å². The fraction of sp³-hybridized carbons (Fsp3) is 0.167. The van der Waals surface area contributed by atoms with E-state index in [1.165, 1.54) is 6.20 Å². The van der Waals surface area contributed by atoms with E-state index in [0.29, 0.717) is 10.9 Å². The summed E-state index contributed by atoms with van der Waals surface area (Å²) in [5.74, 6) is -0.476. The highest BCUT2D eigenvalue weighted by atomic mass is 79.9. The Balaban J connectivity index is 3.14. The van der Waals surface area contributed by atoms with Crippen molar-refractivity contribution in [1.29, 1.82) is 0 Å². The third-order valence-electron chi connectivity index (χ3n) is 1.14. The quantitative estimate of drug-likeness (QED) is 0.708. The molecule has 54 valence electrons. The molecule has 0 radical (unpaired) electrons. The molecule has 0 aliphatic carbocycles. The van der Waals surface area contributed by atoms with E-state index in [4.69, 9.17) is 5.73 Å². The molecule has 1 aromatic rings. The molecular formula is C6H6BrFN2. The number of aromatic nitrogens is 1. The molecule has 10 heavy (non-hydrogen) atoms. The van der Waals surface area contributed by atoms with Crippen molar-refractivity contribution in [2.45, 2.75) is 5.33 Å². The van der Waals surface area contributed by atoms with Gasteiger partial charge in [-0.3, -0.25) is 0 Å². The molecule has 1 aromatic heterocycles. The summed E-state index contributed by atoms with van der Waals surface area (Å²) in [5, 5.41) is 0.464. The van der Waals surface area contributed by atoms with E-state index in [1.54, 1.807) is 6.07 Å². The summed E-state index contributed by atoms with van der Waals surface area (Å²) in [7, 11) is 0. The fourth-order valence-electron chi connectivity index (χ4n) is 0.605. The Morgan fingerprint density at radius 2 is 2.40 bits per heavy atom. The SMILES string of the molecule is Nc1nccc(CBr)c1F. The molecular weight excluding hydrogens is 199 g/mol. The maximum absolute atomic E-state index is 12.8. The van der Waals surface area contributed by atoms with Crippen molar-refractivity contribution in [3.05, 3.63) is 23.6 Å². The van der Waals surface area contributed by atoms with Gasteiger partial charge in [0.2, 0.25) is 0 Å². The molecule has 0 aliphatic heterocycles. The molecule has 4 heteroatoms. The highest BCUT2D eigenvalue weighted by Gasteiger charge is 2.03. The number of anilines is 1. The molecule has 0 aromatic carbocycles. The van der Waals surface area contributed by atoms with E-state index < -0.39 is 5.82 Å². The number of nitrogen functional groups attached to an aromatic ring is 1. The van der Waals surface area contributed by atoms with E-state index in [2.05, 4.69) is 20.9 Å². The van der Waals surface area contributed by atoms with Gasteiger partial charge in [-0.1, -0.05) is 15.9 Å². The average Bonchev–Trinajstić information content (AvgIpc) is 1.95. The molecule has 0 aliphatic rings. The van der Waals surface area contributed by atoms with E-state index in [-0.39, 0.29) is 5.82 Å². The van der Waals surface area contributed by atoms with Crippen LogP contribution in [0.2, 0.25) is 0 Å². The number of nitrogens with two attached hydrogens (primary N) is 1. The van der Waals surface area contributed by atoms with Crippen LogP contribution in [-0.2, 0) is 5.33 Å². The molecule has 1 heterocycles. The van der Waals surface area contributed by atoms with Gasteiger partial charge in [-0.15, -0.1) is 0 Å². The lowest BCUT2D eigenvalue weighted by Crippen LogP contribution is -1.97. The van der Waals surface area contributed by atoms with Crippen LogP contribution in [0, 0.1) is 5.82 Å². The standard InChI is InChI=1S/C6H6BrFN2/c7-3-4-1-2-10-6(9)5(4)8/h1-2H,3H2,(H2,9,10). The van der Waals surface area contributed by atoms with E-state index >= 15 is 0 Å². The van der Waals surface area contributed by atoms with Gasteiger partial charge >= 0.3 is 0 Å². The Morgan fingerprint density at radius 3 is 2.90 bits per heavy atom. The fourth-order valence-corrected chi connectivity index (χ4v) is 1.04. The molecule has 2 nitrogen and oxygen atoms in total. The molecule has 0 bridgehead atoms. The van der Waals surface area contributed by atoms with Gasteiger partial charge in [-0.25, -0.2) is 9.37 Å². The molecule has 0 saturated carbocycles. The van der Waals surface area contributed by atoms with Crippen LogP contribution in [0.5, 0.6) is 0 Å². The number of pyridine rings is 1. The lowest BCUT2D eigenvalue weighted by molar-refractivity contribution is 0.617. The van der Waals surface area contributed by atoms with Crippen LogP contribution in [0.4, 0.5) is 10.2 Å². The number of nitrogens with zero attached hydrogens (tertiary/aromatic N) is 1. The average molecular weight is 205 g/mol. The zero-order valence-electron chi connectivity index (χ0n) is 5.14. The van der Waals surface area contributed by atoms with Crippen molar-refractivity contribution in [1.82, 2.24) is 4.98 Å². The predicted octanol–water partition coefficient (Wildman–Crippen LogP) is 1.70. The number of halogens is 2. The summed E-state index contributed by atoms with van der Waals surface area (Å²) in [6, 6.07) is 1.58. The van der Waals surface area contributed by atoms with Crippen LogP contribution in [0.25, 0.3) is 0 Å². The topological polar surface area (TPSA) is 38.9 Å². The summed E-state index contributed by atoms with van der Waals surface area (Å²) >= 11 is 3.12. The minimum atomic E-state index is -0.431. The van der Waals surface area contributed by atoms with Crippen molar-refractivity contribution in [2.75, 3.05) is 5.73 Å². The Hall–Kier alpha value is -0.640. The van der Waals surface area contributed by atoms with Crippen molar-refractivity contribution in [2.24, 2.45) is 0 Å². The highest BCUT2D eigenvalue weighted by Crippen LogP contribution is 2.13. The third-order valence-corrected chi connectivity index (χ3v) is 1.74. The normalized spacial score (nSPS) is 9.80. The maximum atomic E-state index is 12.8. The van der Waals surface area contributed by atoms with Crippen LogP contribution < -0.4 is 5.73 Å². The third kappa shape index (κ3) is 1.26. The van der Waals surface area contributed by atoms with E-state index in [0.717, 1.165) is 0 Å². The van der Waals surface area contributed by atoms with Crippen molar-refractivity contribution in [3.63, 3.8) is 0 Å². The molecule has 2 N–H and O–H groups in total. The molecule has 0 atom stereocenters. The lowest BCUT2D eigenvalue weighted by Gasteiger charge is -1.98. The Bertz CT molecular complexity index is 239. The van der Waals surface area contributed by atoms with Crippen LogP contribution in [0.15, 0.2) is 12.3 Å². The molecule has 0 spiro atoms. The first-order valence-corrected chi connectivity index (χ1v) is 3.82. The van der Waals surface area contributed by atoms with Gasteiger partial charge in [0.25, 0.3) is 0 Å². The molecule has 0 fully saturated rings. The van der Waals surface area contributed by atoms with Gasteiger partial charge in [0.05, 0.1) is 0 Å². The van der Waals surface area contributed by atoms with Gasteiger partial charge in [0, 0.05) is 17.1 Å². The van der Waals surface area contributed by atoms with Gasteiger partial charge in [-0.2, -0.15) is 0 Å². The Morgan fingerprint density at radius 1 is 1.70 bits per heavy atom. The lowest BCUT2D eigenvalue weighted by atomic mass is 10.3. The highest BCUT2D eigenvalue weighted by molar-refractivity contribution is 9.08. The van der Waals surface area contributed by atoms with E-state index in [1.807, 2.05) is 0 Å². The monoisotopic (exact) mass is 204 g/mol. The Labute approximate surface area is 66.4 Å².